The summed E-state index contributed by atoms with van der Waals surface area (Å²) >= 11 is 0. The fourth-order valence-corrected chi connectivity index (χ4v) is 2.56. The van der Waals surface area contributed by atoms with Crippen LogP contribution in [0.1, 0.15) is 18.4 Å². The number of rotatable bonds is 0. The van der Waals surface area contributed by atoms with Crippen molar-refractivity contribution in [2.45, 2.75) is 24.9 Å². The summed E-state index contributed by atoms with van der Waals surface area (Å²) in [5.74, 6) is 1.23. The lowest BCUT2D eigenvalue weighted by molar-refractivity contribution is 0.0656. The van der Waals surface area contributed by atoms with E-state index in [2.05, 4.69) is 5.32 Å². The van der Waals surface area contributed by atoms with E-state index in [1.165, 1.54) is 0 Å². The summed E-state index contributed by atoms with van der Waals surface area (Å²) in [6.45, 7) is 1.97. The summed E-state index contributed by atoms with van der Waals surface area (Å²) in [7, 11) is 0. The van der Waals surface area contributed by atoms with Gasteiger partial charge in [-0.2, -0.15) is 0 Å². The highest BCUT2D eigenvalue weighted by atomic mass is 16.5. The molecule has 3 rings (SSSR count). The van der Waals surface area contributed by atoms with Crippen LogP contribution in [0, 0.1) is 0 Å². The van der Waals surface area contributed by atoms with Gasteiger partial charge in [0.2, 0.25) is 0 Å². The van der Waals surface area contributed by atoms with E-state index < -0.39 is 0 Å². The summed E-state index contributed by atoms with van der Waals surface area (Å²) in [5, 5.41) is 13.0. The summed E-state index contributed by atoms with van der Waals surface area (Å²) in [6, 6.07) is 5.52. The van der Waals surface area contributed by atoms with E-state index in [0.29, 0.717) is 5.75 Å². The second-order valence-corrected chi connectivity index (χ2v) is 4.47. The van der Waals surface area contributed by atoms with Gasteiger partial charge in [-0.3, -0.25) is 0 Å². The van der Waals surface area contributed by atoms with Gasteiger partial charge in [-0.25, -0.2) is 0 Å². The van der Waals surface area contributed by atoms with Gasteiger partial charge in [0, 0.05) is 18.5 Å². The minimum absolute atomic E-state index is 0.0131. The van der Waals surface area contributed by atoms with Gasteiger partial charge in [0.1, 0.15) is 17.1 Å². The van der Waals surface area contributed by atoms with Crippen molar-refractivity contribution in [3.8, 4) is 11.5 Å². The van der Waals surface area contributed by atoms with Crippen molar-refractivity contribution in [3.05, 3.63) is 23.8 Å². The molecule has 2 N–H and O–H groups in total. The Hall–Kier alpha value is -1.22. The first kappa shape index (κ1) is 9.04. The number of ether oxygens (including phenoxy) is 1. The molecular formula is C12H15NO2. The summed E-state index contributed by atoms with van der Waals surface area (Å²) in [4.78, 5) is 0. The maximum Gasteiger partial charge on any atom is 0.127 e. The molecule has 0 bridgehead atoms. The number of aromatic hydroxyl groups is 1. The minimum Gasteiger partial charge on any atom is -0.508 e. The van der Waals surface area contributed by atoms with Gasteiger partial charge in [0.15, 0.2) is 0 Å². The number of hydrogen-bond acceptors (Lipinski definition) is 3. The molecule has 1 fully saturated rings. The van der Waals surface area contributed by atoms with Crippen molar-refractivity contribution in [2.75, 3.05) is 13.1 Å². The molecule has 80 valence electrons. The molecule has 0 amide bonds. The predicted octanol–water partition coefficient (Wildman–Crippen LogP) is 1.45. The van der Waals surface area contributed by atoms with Crippen LogP contribution in [0.2, 0.25) is 0 Å². The number of nitrogens with one attached hydrogen (secondary N) is 1. The largest absolute Gasteiger partial charge is 0.508 e. The zero-order valence-electron chi connectivity index (χ0n) is 8.62. The van der Waals surface area contributed by atoms with Crippen LogP contribution in [0.5, 0.6) is 11.5 Å². The lowest BCUT2D eigenvalue weighted by atomic mass is 9.90. The maximum atomic E-state index is 9.69. The summed E-state index contributed by atoms with van der Waals surface area (Å²) in [5.41, 5.74) is 0.955. The number of hydrogen-bond donors (Lipinski definition) is 2. The molecule has 15 heavy (non-hydrogen) atoms. The van der Waals surface area contributed by atoms with Gasteiger partial charge < -0.3 is 15.2 Å². The maximum absolute atomic E-state index is 9.69. The molecule has 0 aliphatic carbocycles. The van der Waals surface area contributed by atoms with E-state index in [9.17, 15) is 5.11 Å². The van der Waals surface area contributed by atoms with Crippen LogP contribution in [0.15, 0.2) is 18.2 Å². The zero-order chi connectivity index (χ0) is 10.3. The minimum atomic E-state index is -0.0131. The molecule has 1 aromatic rings. The second kappa shape index (κ2) is 3.14. The molecule has 1 saturated heterocycles. The van der Waals surface area contributed by atoms with Crippen LogP contribution in [0.25, 0.3) is 0 Å². The molecule has 2 heterocycles. The van der Waals surface area contributed by atoms with Crippen LogP contribution in [0.3, 0.4) is 0 Å². The number of benzene rings is 1. The average Bonchev–Trinajstić information content (AvgIpc) is 2.66. The van der Waals surface area contributed by atoms with Crippen molar-refractivity contribution in [2.24, 2.45) is 0 Å². The number of phenolic OH excluding ortho intramolecular Hbond substituents is 1. The van der Waals surface area contributed by atoms with E-state index in [0.717, 1.165) is 43.7 Å². The lowest BCUT2D eigenvalue weighted by Crippen LogP contribution is -2.41. The second-order valence-electron chi connectivity index (χ2n) is 4.47. The molecule has 0 aromatic heterocycles. The van der Waals surface area contributed by atoms with E-state index in [1.807, 2.05) is 12.1 Å². The Morgan fingerprint density at radius 1 is 1.33 bits per heavy atom. The molecule has 1 aromatic carbocycles. The van der Waals surface area contributed by atoms with E-state index in [1.54, 1.807) is 6.07 Å². The van der Waals surface area contributed by atoms with Gasteiger partial charge >= 0.3 is 0 Å². The monoisotopic (exact) mass is 205 g/mol. The first-order valence-electron chi connectivity index (χ1n) is 5.50. The molecule has 1 spiro atoms. The van der Waals surface area contributed by atoms with Gasteiger partial charge in [0.05, 0.1) is 0 Å². The lowest BCUT2D eigenvalue weighted by Gasteiger charge is -2.35. The molecule has 0 radical (unpaired) electrons. The third-order valence-corrected chi connectivity index (χ3v) is 3.47. The van der Waals surface area contributed by atoms with Crippen molar-refractivity contribution < 1.29 is 9.84 Å². The Labute approximate surface area is 89.1 Å². The van der Waals surface area contributed by atoms with Crippen LogP contribution >= 0.6 is 0 Å². The molecular weight excluding hydrogens is 190 g/mol. The normalized spacial score (nSPS) is 28.8. The van der Waals surface area contributed by atoms with Crippen LogP contribution in [-0.2, 0) is 6.42 Å². The van der Waals surface area contributed by atoms with Gasteiger partial charge in [-0.15, -0.1) is 0 Å². The smallest absolute Gasteiger partial charge is 0.127 e. The van der Waals surface area contributed by atoms with Crippen molar-refractivity contribution in [3.63, 3.8) is 0 Å². The van der Waals surface area contributed by atoms with Crippen LogP contribution in [-0.4, -0.2) is 23.8 Å². The molecule has 2 aliphatic rings. The Kier molecular flexibility index (Phi) is 1.89. The summed E-state index contributed by atoms with van der Waals surface area (Å²) < 4.78 is 6.04. The number of fused-ring (bicyclic) bond motifs is 1. The van der Waals surface area contributed by atoms with Crippen LogP contribution < -0.4 is 10.1 Å². The predicted molar refractivity (Wildman–Crippen MR) is 57.3 cm³/mol. The molecule has 2 aliphatic heterocycles. The first-order valence-corrected chi connectivity index (χ1v) is 5.50. The van der Waals surface area contributed by atoms with Gasteiger partial charge in [-0.1, -0.05) is 6.07 Å². The Morgan fingerprint density at radius 3 is 3.07 bits per heavy atom. The van der Waals surface area contributed by atoms with Crippen LogP contribution in [0.4, 0.5) is 0 Å². The molecule has 3 heteroatoms. The third kappa shape index (κ3) is 1.38. The Morgan fingerprint density at radius 2 is 2.27 bits per heavy atom. The first-order chi connectivity index (χ1) is 7.29. The molecule has 0 saturated carbocycles. The fraction of sp³-hybridized carbons (Fsp3) is 0.500. The van der Waals surface area contributed by atoms with Crippen molar-refractivity contribution >= 4 is 0 Å². The highest BCUT2D eigenvalue weighted by molar-refractivity contribution is 5.45. The van der Waals surface area contributed by atoms with E-state index >= 15 is 0 Å². The SMILES string of the molecule is Oc1cccc2c1CCC1(CCNC1)O2. The molecule has 1 atom stereocenters. The Balaban J connectivity index is 1.96. The average molecular weight is 205 g/mol. The Bertz CT molecular complexity index is 383. The molecule has 3 nitrogen and oxygen atoms in total. The van der Waals surface area contributed by atoms with E-state index in [4.69, 9.17) is 4.74 Å². The van der Waals surface area contributed by atoms with Gasteiger partial charge in [-0.05, 0) is 31.5 Å². The quantitative estimate of drug-likeness (QED) is 0.673. The van der Waals surface area contributed by atoms with Crippen molar-refractivity contribution in [1.29, 1.82) is 0 Å². The highest BCUT2D eigenvalue weighted by Gasteiger charge is 2.39. The standard InChI is InChI=1S/C12H15NO2/c14-10-2-1-3-11-9(10)4-5-12(15-11)6-7-13-8-12/h1-3,13-14H,4-8H2. The highest BCUT2D eigenvalue weighted by Crippen LogP contribution is 2.39. The topological polar surface area (TPSA) is 41.5 Å². The number of phenols is 1. The third-order valence-electron chi connectivity index (χ3n) is 3.47. The van der Waals surface area contributed by atoms with Crippen molar-refractivity contribution in [1.82, 2.24) is 5.32 Å². The molecule has 1 unspecified atom stereocenters. The zero-order valence-corrected chi connectivity index (χ0v) is 8.62. The fourth-order valence-electron chi connectivity index (χ4n) is 2.56. The van der Waals surface area contributed by atoms with Gasteiger partial charge in [0.25, 0.3) is 0 Å². The van der Waals surface area contributed by atoms with E-state index in [-0.39, 0.29) is 5.60 Å². The summed E-state index contributed by atoms with van der Waals surface area (Å²) in [6.07, 6.45) is 3.00.